The summed E-state index contributed by atoms with van der Waals surface area (Å²) >= 11 is 0. The van der Waals surface area contributed by atoms with Crippen molar-refractivity contribution in [3.05, 3.63) is 77.2 Å². The van der Waals surface area contributed by atoms with Crippen LogP contribution in [0.3, 0.4) is 0 Å². The van der Waals surface area contributed by atoms with Crippen molar-refractivity contribution in [1.82, 2.24) is 15.2 Å². The van der Waals surface area contributed by atoms with E-state index in [2.05, 4.69) is 15.2 Å². The van der Waals surface area contributed by atoms with Gasteiger partial charge in [0.1, 0.15) is 5.82 Å². The van der Waals surface area contributed by atoms with E-state index in [0.29, 0.717) is 23.3 Å². The summed E-state index contributed by atoms with van der Waals surface area (Å²) in [5.74, 6) is -0.512. The molecule has 1 amide bonds. The van der Waals surface area contributed by atoms with Crippen LogP contribution in [0.4, 0.5) is 4.39 Å². The number of nitrogens with zero attached hydrogens (tertiary/aromatic N) is 2. The standard InChI is InChI=1S/C21H22FN3O/c1-14-18(11-16-9-10-17(22)12-19(16)24-14)21(26)23-13-20(25(2)3)15-7-5-4-6-8-15/h4-12,20H,13H2,1-3H3,(H,23,26). The van der Waals surface area contributed by atoms with Gasteiger partial charge in [-0.15, -0.1) is 0 Å². The average Bonchev–Trinajstić information content (AvgIpc) is 2.61. The Morgan fingerprint density at radius 2 is 1.88 bits per heavy atom. The number of benzene rings is 2. The molecule has 0 saturated carbocycles. The number of hydrogen-bond donors (Lipinski definition) is 1. The largest absolute Gasteiger partial charge is 0.350 e. The summed E-state index contributed by atoms with van der Waals surface area (Å²) in [6, 6.07) is 16.3. The Morgan fingerprint density at radius 1 is 1.15 bits per heavy atom. The molecule has 0 spiro atoms. The number of halogens is 1. The van der Waals surface area contributed by atoms with Crippen molar-refractivity contribution in [1.29, 1.82) is 0 Å². The second-order valence-electron chi connectivity index (χ2n) is 6.56. The molecule has 26 heavy (non-hydrogen) atoms. The van der Waals surface area contributed by atoms with E-state index in [1.807, 2.05) is 44.4 Å². The highest BCUT2D eigenvalue weighted by atomic mass is 19.1. The van der Waals surface area contributed by atoms with Crippen molar-refractivity contribution < 1.29 is 9.18 Å². The van der Waals surface area contributed by atoms with Crippen molar-refractivity contribution in [3.8, 4) is 0 Å². The lowest BCUT2D eigenvalue weighted by Crippen LogP contribution is -2.34. The van der Waals surface area contributed by atoms with Gasteiger partial charge in [-0.25, -0.2) is 4.39 Å². The SMILES string of the molecule is Cc1nc2cc(F)ccc2cc1C(=O)NCC(c1ccccc1)N(C)C. The number of rotatable bonds is 5. The number of aromatic nitrogens is 1. The van der Waals surface area contributed by atoms with Crippen LogP contribution in [0.15, 0.2) is 54.6 Å². The van der Waals surface area contributed by atoms with Gasteiger partial charge in [0.2, 0.25) is 0 Å². The number of nitrogens with one attached hydrogen (secondary N) is 1. The lowest BCUT2D eigenvalue weighted by molar-refractivity contribution is 0.0941. The van der Waals surface area contributed by atoms with Crippen LogP contribution in [0.25, 0.3) is 10.9 Å². The van der Waals surface area contributed by atoms with Gasteiger partial charge in [0.25, 0.3) is 5.91 Å². The number of hydrogen-bond acceptors (Lipinski definition) is 3. The van der Waals surface area contributed by atoms with Crippen molar-refractivity contribution in [3.63, 3.8) is 0 Å². The minimum atomic E-state index is -0.335. The van der Waals surface area contributed by atoms with Gasteiger partial charge in [-0.2, -0.15) is 0 Å². The van der Waals surface area contributed by atoms with Gasteiger partial charge in [-0.1, -0.05) is 30.3 Å². The number of likely N-dealkylation sites (N-methyl/N-ethyl adjacent to an activating group) is 1. The molecular formula is C21H22FN3O. The molecule has 0 saturated heterocycles. The maximum absolute atomic E-state index is 13.3. The Kier molecular flexibility index (Phi) is 5.28. The summed E-state index contributed by atoms with van der Waals surface area (Å²) in [5, 5.41) is 3.75. The van der Waals surface area contributed by atoms with E-state index in [1.165, 1.54) is 12.1 Å². The van der Waals surface area contributed by atoms with Gasteiger partial charge in [-0.3, -0.25) is 9.78 Å². The fourth-order valence-corrected chi connectivity index (χ4v) is 3.02. The Bertz CT molecular complexity index is 925. The fraction of sp³-hybridized carbons (Fsp3) is 0.238. The van der Waals surface area contributed by atoms with E-state index in [0.717, 1.165) is 10.9 Å². The van der Waals surface area contributed by atoms with Crippen LogP contribution in [-0.2, 0) is 0 Å². The lowest BCUT2D eigenvalue weighted by Gasteiger charge is -2.25. The highest BCUT2D eigenvalue weighted by Gasteiger charge is 2.17. The molecule has 5 heteroatoms. The molecule has 0 aliphatic carbocycles. The van der Waals surface area contributed by atoms with Crippen LogP contribution in [0.2, 0.25) is 0 Å². The zero-order valence-corrected chi connectivity index (χ0v) is 15.2. The predicted octanol–water partition coefficient (Wildman–Crippen LogP) is 3.72. The normalized spacial score (nSPS) is 12.3. The molecule has 4 nitrogen and oxygen atoms in total. The minimum Gasteiger partial charge on any atom is -0.350 e. The van der Waals surface area contributed by atoms with Crippen LogP contribution in [0.1, 0.15) is 27.7 Å². The van der Waals surface area contributed by atoms with Gasteiger partial charge in [-0.05, 0) is 44.8 Å². The first-order valence-electron chi connectivity index (χ1n) is 8.52. The van der Waals surface area contributed by atoms with Gasteiger partial charge in [0.05, 0.1) is 22.8 Å². The molecule has 0 aliphatic rings. The van der Waals surface area contributed by atoms with Gasteiger partial charge >= 0.3 is 0 Å². The lowest BCUT2D eigenvalue weighted by atomic mass is 10.1. The predicted molar refractivity (Wildman–Crippen MR) is 102 cm³/mol. The van der Waals surface area contributed by atoms with Crippen LogP contribution in [0.5, 0.6) is 0 Å². The second-order valence-corrected chi connectivity index (χ2v) is 6.56. The Hall–Kier alpha value is -2.79. The molecule has 3 aromatic rings. The molecule has 3 rings (SSSR count). The Balaban J connectivity index is 1.80. The van der Waals surface area contributed by atoms with Crippen molar-refractivity contribution in [2.45, 2.75) is 13.0 Å². The summed E-state index contributed by atoms with van der Waals surface area (Å²) in [6.45, 7) is 2.25. The first-order chi connectivity index (χ1) is 12.5. The number of carbonyl (C=O) groups is 1. The summed E-state index contributed by atoms with van der Waals surface area (Å²) in [6.07, 6.45) is 0. The van der Waals surface area contributed by atoms with E-state index in [-0.39, 0.29) is 17.8 Å². The Morgan fingerprint density at radius 3 is 2.58 bits per heavy atom. The van der Waals surface area contributed by atoms with Crippen LogP contribution >= 0.6 is 0 Å². The van der Waals surface area contributed by atoms with Crippen molar-refractivity contribution >= 4 is 16.8 Å². The van der Waals surface area contributed by atoms with Crippen LogP contribution in [-0.4, -0.2) is 36.4 Å². The zero-order chi connectivity index (χ0) is 18.7. The van der Waals surface area contributed by atoms with Crippen molar-refractivity contribution in [2.75, 3.05) is 20.6 Å². The highest BCUT2D eigenvalue weighted by Crippen LogP contribution is 2.19. The van der Waals surface area contributed by atoms with E-state index < -0.39 is 0 Å². The fourth-order valence-electron chi connectivity index (χ4n) is 3.02. The number of fused-ring (bicyclic) bond motifs is 1. The molecule has 1 atom stereocenters. The molecule has 0 radical (unpaired) electrons. The smallest absolute Gasteiger partial charge is 0.253 e. The summed E-state index contributed by atoms with van der Waals surface area (Å²) in [4.78, 5) is 19.1. The first-order valence-corrected chi connectivity index (χ1v) is 8.52. The van der Waals surface area contributed by atoms with E-state index >= 15 is 0 Å². The molecular weight excluding hydrogens is 329 g/mol. The zero-order valence-electron chi connectivity index (χ0n) is 15.2. The molecule has 1 unspecified atom stereocenters. The summed E-state index contributed by atoms with van der Waals surface area (Å²) in [5.41, 5.74) is 2.78. The second kappa shape index (κ2) is 7.62. The summed E-state index contributed by atoms with van der Waals surface area (Å²) in [7, 11) is 3.97. The number of carbonyl (C=O) groups excluding carboxylic acids is 1. The van der Waals surface area contributed by atoms with Crippen molar-refractivity contribution in [2.24, 2.45) is 0 Å². The molecule has 1 heterocycles. The number of amides is 1. The van der Waals surface area contributed by atoms with Crippen LogP contribution < -0.4 is 5.32 Å². The number of aryl methyl sites for hydroxylation is 1. The molecule has 1 aromatic heterocycles. The maximum Gasteiger partial charge on any atom is 0.253 e. The van der Waals surface area contributed by atoms with Gasteiger partial charge < -0.3 is 10.2 Å². The molecule has 0 aliphatic heterocycles. The molecule has 2 aromatic carbocycles. The third kappa shape index (κ3) is 3.89. The van der Waals surface area contributed by atoms with Crippen LogP contribution in [0, 0.1) is 12.7 Å². The molecule has 0 fully saturated rings. The molecule has 0 bridgehead atoms. The first kappa shape index (κ1) is 18.0. The van der Waals surface area contributed by atoms with E-state index in [4.69, 9.17) is 0 Å². The highest BCUT2D eigenvalue weighted by molar-refractivity contribution is 5.98. The number of pyridine rings is 1. The topological polar surface area (TPSA) is 45.2 Å². The quantitative estimate of drug-likeness (QED) is 0.762. The monoisotopic (exact) mass is 351 g/mol. The third-order valence-corrected chi connectivity index (χ3v) is 4.48. The van der Waals surface area contributed by atoms with E-state index in [1.54, 1.807) is 19.1 Å². The Labute approximate surface area is 152 Å². The molecule has 134 valence electrons. The summed E-state index contributed by atoms with van der Waals surface area (Å²) < 4.78 is 13.3. The average molecular weight is 351 g/mol. The third-order valence-electron chi connectivity index (χ3n) is 4.48. The maximum atomic E-state index is 13.3. The minimum absolute atomic E-state index is 0.0722. The van der Waals surface area contributed by atoms with E-state index in [9.17, 15) is 9.18 Å². The van der Waals surface area contributed by atoms with Gasteiger partial charge in [0.15, 0.2) is 0 Å². The van der Waals surface area contributed by atoms with Gasteiger partial charge in [0, 0.05) is 18.0 Å². The molecule has 1 N–H and O–H groups in total.